The van der Waals surface area contributed by atoms with Crippen molar-refractivity contribution < 1.29 is 14.7 Å². The van der Waals surface area contributed by atoms with Crippen LogP contribution in [0.4, 0.5) is 5.69 Å². The van der Waals surface area contributed by atoms with Crippen molar-refractivity contribution in [3.8, 4) is 0 Å². The van der Waals surface area contributed by atoms with Crippen molar-refractivity contribution in [1.29, 1.82) is 0 Å². The van der Waals surface area contributed by atoms with Crippen molar-refractivity contribution in [3.05, 3.63) is 100 Å². The Kier molecular flexibility index (Phi) is 4.91. The van der Waals surface area contributed by atoms with Gasteiger partial charge >= 0.3 is 0 Å². The van der Waals surface area contributed by atoms with E-state index in [2.05, 4.69) is 4.98 Å². The molecule has 0 bridgehead atoms. The van der Waals surface area contributed by atoms with Crippen LogP contribution in [0.2, 0.25) is 5.02 Å². The van der Waals surface area contributed by atoms with Gasteiger partial charge < -0.3 is 5.11 Å². The van der Waals surface area contributed by atoms with E-state index in [0.29, 0.717) is 21.8 Å². The smallest absolute Gasteiger partial charge is 0.300 e. The van der Waals surface area contributed by atoms with E-state index in [4.69, 9.17) is 11.6 Å². The number of halogens is 1. The highest BCUT2D eigenvalue weighted by Gasteiger charge is 2.47. The SMILES string of the molecule is Cc1ccc(Cl)cc1N1C(=O)C(=O)/C(=C(/O)c2ccccc2)C1c1ccncc1. The Labute approximate surface area is 172 Å². The number of hydrogen-bond donors (Lipinski definition) is 1. The highest BCUT2D eigenvalue weighted by atomic mass is 35.5. The average molecular weight is 405 g/mol. The quantitative estimate of drug-likeness (QED) is 0.391. The molecule has 1 unspecified atom stereocenters. The van der Waals surface area contributed by atoms with Gasteiger partial charge in [0.1, 0.15) is 5.76 Å². The molecule has 6 heteroatoms. The number of amides is 1. The lowest BCUT2D eigenvalue weighted by Crippen LogP contribution is -2.30. The molecule has 4 rings (SSSR count). The van der Waals surface area contributed by atoms with Gasteiger partial charge in [0.15, 0.2) is 0 Å². The van der Waals surface area contributed by atoms with Gasteiger partial charge in [0.05, 0.1) is 11.6 Å². The van der Waals surface area contributed by atoms with E-state index < -0.39 is 17.7 Å². The van der Waals surface area contributed by atoms with Crippen LogP contribution in [0.5, 0.6) is 0 Å². The largest absolute Gasteiger partial charge is 0.507 e. The van der Waals surface area contributed by atoms with E-state index in [1.54, 1.807) is 67.0 Å². The number of rotatable bonds is 3. The van der Waals surface area contributed by atoms with Gasteiger partial charge in [0, 0.05) is 28.7 Å². The van der Waals surface area contributed by atoms with Crippen molar-refractivity contribution >= 4 is 34.7 Å². The number of aryl methyl sites for hydroxylation is 1. The van der Waals surface area contributed by atoms with Crippen LogP contribution in [0.3, 0.4) is 0 Å². The normalized spacial score (nSPS) is 18.3. The second kappa shape index (κ2) is 7.53. The number of nitrogens with zero attached hydrogens (tertiary/aromatic N) is 2. The van der Waals surface area contributed by atoms with Crippen molar-refractivity contribution in [1.82, 2.24) is 4.98 Å². The first-order chi connectivity index (χ1) is 14.0. The third-order valence-electron chi connectivity index (χ3n) is 4.94. The number of ketones is 1. The third-order valence-corrected chi connectivity index (χ3v) is 5.18. The number of pyridine rings is 1. The van der Waals surface area contributed by atoms with Crippen LogP contribution in [0.15, 0.2) is 78.6 Å². The van der Waals surface area contributed by atoms with E-state index in [0.717, 1.165) is 5.56 Å². The summed E-state index contributed by atoms with van der Waals surface area (Å²) >= 11 is 6.17. The predicted octanol–water partition coefficient (Wildman–Crippen LogP) is 4.67. The molecule has 1 N–H and O–H groups in total. The lowest BCUT2D eigenvalue weighted by Gasteiger charge is -2.26. The summed E-state index contributed by atoms with van der Waals surface area (Å²) in [4.78, 5) is 31.5. The first kappa shape index (κ1) is 18.9. The number of hydrogen-bond acceptors (Lipinski definition) is 4. The van der Waals surface area contributed by atoms with E-state index in [9.17, 15) is 14.7 Å². The number of aliphatic hydroxyl groups excluding tert-OH is 1. The van der Waals surface area contributed by atoms with Gasteiger partial charge in [-0.05, 0) is 42.3 Å². The predicted molar refractivity (Wildman–Crippen MR) is 112 cm³/mol. The number of aliphatic hydroxyl groups is 1. The number of Topliss-reactive ketones (excluding diaryl/α,β-unsaturated/α-hetero) is 1. The summed E-state index contributed by atoms with van der Waals surface area (Å²) in [7, 11) is 0. The lowest BCUT2D eigenvalue weighted by molar-refractivity contribution is -0.132. The Hall–Kier alpha value is -3.44. The number of aromatic nitrogens is 1. The van der Waals surface area contributed by atoms with Crippen LogP contribution in [0.25, 0.3) is 5.76 Å². The standard InChI is InChI=1S/C23H17ClN2O3/c1-14-7-8-17(24)13-18(14)26-20(15-9-11-25-12-10-15)19(22(28)23(26)29)21(27)16-5-3-2-4-6-16/h2-13,20,27H,1H3/b21-19+. The molecule has 2 aromatic carbocycles. The van der Waals surface area contributed by atoms with Crippen molar-refractivity contribution in [3.63, 3.8) is 0 Å². The van der Waals surface area contributed by atoms with Gasteiger partial charge in [0.2, 0.25) is 0 Å². The molecule has 1 atom stereocenters. The fourth-order valence-corrected chi connectivity index (χ4v) is 3.70. The van der Waals surface area contributed by atoms with E-state index in [1.165, 1.54) is 4.90 Å². The maximum Gasteiger partial charge on any atom is 0.300 e. The second-order valence-corrected chi connectivity index (χ2v) is 7.18. The molecule has 3 aromatic rings. The molecule has 1 aromatic heterocycles. The first-order valence-electron chi connectivity index (χ1n) is 9.01. The van der Waals surface area contributed by atoms with Crippen LogP contribution in [0.1, 0.15) is 22.7 Å². The summed E-state index contributed by atoms with van der Waals surface area (Å²) in [6.45, 7) is 1.84. The Morgan fingerprint density at radius 2 is 1.72 bits per heavy atom. The Balaban J connectivity index is 1.98. The van der Waals surface area contributed by atoms with E-state index in [1.807, 2.05) is 13.0 Å². The Morgan fingerprint density at radius 3 is 2.41 bits per heavy atom. The number of carbonyl (C=O) groups is 2. The molecule has 144 valence electrons. The average Bonchev–Trinajstić information content (AvgIpc) is 3.01. The summed E-state index contributed by atoms with van der Waals surface area (Å²) in [5.41, 5.74) is 2.47. The van der Waals surface area contributed by atoms with Crippen molar-refractivity contribution in [2.45, 2.75) is 13.0 Å². The van der Waals surface area contributed by atoms with Crippen LogP contribution in [-0.4, -0.2) is 21.8 Å². The van der Waals surface area contributed by atoms with E-state index in [-0.39, 0.29) is 11.3 Å². The Morgan fingerprint density at radius 1 is 1.03 bits per heavy atom. The second-order valence-electron chi connectivity index (χ2n) is 6.75. The van der Waals surface area contributed by atoms with Gasteiger partial charge in [-0.3, -0.25) is 19.5 Å². The van der Waals surface area contributed by atoms with Crippen LogP contribution in [0, 0.1) is 6.92 Å². The van der Waals surface area contributed by atoms with Crippen LogP contribution < -0.4 is 4.90 Å². The zero-order valence-corrected chi connectivity index (χ0v) is 16.3. The zero-order chi connectivity index (χ0) is 20.5. The maximum absolute atomic E-state index is 13.1. The maximum atomic E-state index is 13.1. The van der Waals surface area contributed by atoms with Crippen LogP contribution in [-0.2, 0) is 9.59 Å². The highest BCUT2D eigenvalue weighted by Crippen LogP contribution is 2.43. The minimum absolute atomic E-state index is 0.0341. The highest BCUT2D eigenvalue weighted by molar-refractivity contribution is 6.52. The molecule has 29 heavy (non-hydrogen) atoms. The zero-order valence-electron chi connectivity index (χ0n) is 15.5. The van der Waals surface area contributed by atoms with Gasteiger partial charge in [-0.15, -0.1) is 0 Å². The van der Waals surface area contributed by atoms with Gasteiger partial charge in [0.25, 0.3) is 11.7 Å². The Bertz CT molecular complexity index is 1130. The molecule has 1 aliphatic heterocycles. The molecule has 1 aliphatic rings. The number of carbonyl (C=O) groups excluding carboxylic acids is 2. The lowest BCUT2D eigenvalue weighted by atomic mass is 9.95. The van der Waals surface area contributed by atoms with Gasteiger partial charge in [-0.1, -0.05) is 48.0 Å². The summed E-state index contributed by atoms with van der Waals surface area (Å²) < 4.78 is 0. The molecule has 1 amide bonds. The minimum atomic E-state index is -0.796. The number of benzene rings is 2. The summed E-state index contributed by atoms with van der Waals surface area (Å²) in [5, 5.41) is 11.4. The summed E-state index contributed by atoms with van der Waals surface area (Å²) in [6.07, 6.45) is 3.17. The van der Waals surface area contributed by atoms with Gasteiger partial charge in [-0.2, -0.15) is 0 Å². The molecule has 1 saturated heterocycles. The van der Waals surface area contributed by atoms with Gasteiger partial charge in [-0.25, -0.2) is 0 Å². The molecule has 0 aliphatic carbocycles. The summed E-state index contributed by atoms with van der Waals surface area (Å²) in [6, 6.07) is 16.5. The third kappa shape index (κ3) is 3.30. The van der Waals surface area contributed by atoms with Crippen molar-refractivity contribution in [2.75, 3.05) is 4.90 Å². The fourth-order valence-electron chi connectivity index (χ4n) is 3.54. The molecular weight excluding hydrogens is 388 g/mol. The molecule has 0 spiro atoms. The van der Waals surface area contributed by atoms with E-state index >= 15 is 0 Å². The fraction of sp³-hybridized carbons (Fsp3) is 0.0870. The molecule has 0 saturated carbocycles. The molecular formula is C23H17ClN2O3. The van der Waals surface area contributed by atoms with Crippen molar-refractivity contribution in [2.24, 2.45) is 0 Å². The molecule has 5 nitrogen and oxygen atoms in total. The molecule has 1 fully saturated rings. The number of anilines is 1. The molecule has 0 radical (unpaired) electrons. The first-order valence-corrected chi connectivity index (χ1v) is 9.39. The van der Waals surface area contributed by atoms with Crippen LogP contribution >= 0.6 is 11.6 Å². The monoisotopic (exact) mass is 404 g/mol. The topological polar surface area (TPSA) is 70.5 Å². The molecule has 2 heterocycles. The minimum Gasteiger partial charge on any atom is -0.507 e. The summed E-state index contributed by atoms with van der Waals surface area (Å²) in [5.74, 6) is -1.67.